The molecule has 0 heterocycles. The maximum Gasteiger partial charge on any atom is 0.161 e. The summed E-state index contributed by atoms with van der Waals surface area (Å²) in [7, 11) is 5.03. The van der Waals surface area contributed by atoms with Crippen LogP contribution < -0.4 is 19.5 Å². The van der Waals surface area contributed by atoms with Crippen molar-refractivity contribution >= 4 is 0 Å². The first kappa shape index (κ1) is 17.2. The van der Waals surface area contributed by atoms with Gasteiger partial charge in [-0.1, -0.05) is 0 Å². The zero-order valence-electron chi connectivity index (χ0n) is 14.6. The summed E-state index contributed by atoms with van der Waals surface area (Å²) in [6.45, 7) is 6.04. The molecule has 0 aliphatic rings. The Morgan fingerprint density at radius 1 is 0.739 bits per heavy atom. The zero-order chi connectivity index (χ0) is 16.8. The molecular weight excluding hydrogens is 290 g/mol. The number of benzene rings is 2. The number of rotatable bonds is 7. The minimum absolute atomic E-state index is 0.762. The molecular formula is C19H26NO3+. The van der Waals surface area contributed by atoms with Crippen LogP contribution >= 0.6 is 0 Å². The SMILES string of the molecule is COc1cc(C)c(C[NH2+]Cc2ccc(OC)c(OC)c2)cc1C. The monoisotopic (exact) mass is 316 g/mol. The van der Waals surface area contributed by atoms with E-state index in [0.717, 1.165) is 30.3 Å². The molecule has 4 heteroatoms. The van der Waals surface area contributed by atoms with Crippen molar-refractivity contribution in [3.8, 4) is 17.2 Å². The Labute approximate surface area is 138 Å². The third kappa shape index (κ3) is 4.17. The maximum absolute atomic E-state index is 5.37. The fraction of sp³-hybridized carbons (Fsp3) is 0.368. The zero-order valence-corrected chi connectivity index (χ0v) is 14.6. The van der Waals surface area contributed by atoms with Gasteiger partial charge in [0.1, 0.15) is 18.8 Å². The molecule has 0 fully saturated rings. The normalized spacial score (nSPS) is 10.5. The quantitative estimate of drug-likeness (QED) is 0.854. The maximum atomic E-state index is 5.37. The van der Waals surface area contributed by atoms with Crippen molar-refractivity contribution in [3.63, 3.8) is 0 Å². The molecule has 2 aromatic carbocycles. The van der Waals surface area contributed by atoms with Gasteiger partial charge in [0.25, 0.3) is 0 Å². The van der Waals surface area contributed by atoms with E-state index in [1.807, 2.05) is 12.1 Å². The second kappa shape index (κ2) is 7.88. The van der Waals surface area contributed by atoms with Crippen LogP contribution in [0.15, 0.2) is 30.3 Å². The molecule has 0 radical (unpaired) electrons. The first-order valence-electron chi connectivity index (χ1n) is 7.75. The van der Waals surface area contributed by atoms with Gasteiger partial charge in [-0.2, -0.15) is 0 Å². The molecule has 2 rings (SSSR count). The van der Waals surface area contributed by atoms with Gasteiger partial charge in [0.05, 0.1) is 21.3 Å². The van der Waals surface area contributed by atoms with E-state index in [1.54, 1.807) is 21.3 Å². The highest BCUT2D eigenvalue weighted by Crippen LogP contribution is 2.27. The summed E-state index contributed by atoms with van der Waals surface area (Å²) in [5.74, 6) is 2.49. The van der Waals surface area contributed by atoms with Gasteiger partial charge >= 0.3 is 0 Å². The molecule has 23 heavy (non-hydrogen) atoms. The predicted molar refractivity (Wildman–Crippen MR) is 91.3 cm³/mol. The highest BCUT2D eigenvalue weighted by atomic mass is 16.5. The fourth-order valence-electron chi connectivity index (χ4n) is 2.69. The van der Waals surface area contributed by atoms with Gasteiger partial charge in [0.15, 0.2) is 11.5 Å². The summed E-state index contributed by atoms with van der Waals surface area (Å²) < 4.78 is 16.0. The van der Waals surface area contributed by atoms with Crippen LogP contribution in [0.3, 0.4) is 0 Å². The van der Waals surface area contributed by atoms with Crippen LogP contribution in [0.25, 0.3) is 0 Å². The summed E-state index contributed by atoms with van der Waals surface area (Å²) >= 11 is 0. The van der Waals surface area contributed by atoms with Crippen LogP contribution in [0, 0.1) is 13.8 Å². The Morgan fingerprint density at radius 2 is 1.43 bits per heavy atom. The number of hydrogen-bond donors (Lipinski definition) is 1. The van der Waals surface area contributed by atoms with E-state index in [1.165, 1.54) is 22.3 Å². The van der Waals surface area contributed by atoms with Gasteiger partial charge in [0, 0.05) is 11.1 Å². The Kier molecular flexibility index (Phi) is 5.88. The standard InChI is InChI=1S/C19H25NO3/c1-13-9-18(22-4)14(2)8-16(13)12-20-11-15-6-7-17(21-3)19(10-15)23-5/h6-10,20H,11-12H2,1-5H3/p+1. The van der Waals surface area contributed by atoms with Crippen molar-refractivity contribution in [2.75, 3.05) is 21.3 Å². The van der Waals surface area contributed by atoms with E-state index < -0.39 is 0 Å². The third-order valence-corrected chi connectivity index (χ3v) is 4.05. The number of quaternary nitrogens is 1. The van der Waals surface area contributed by atoms with E-state index in [4.69, 9.17) is 14.2 Å². The molecule has 2 aromatic rings. The van der Waals surface area contributed by atoms with E-state index in [-0.39, 0.29) is 0 Å². The second-order valence-corrected chi connectivity index (χ2v) is 5.63. The summed E-state index contributed by atoms with van der Waals surface area (Å²) in [5, 5.41) is 2.29. The molecule has 0 amide bonds. The largest absolute Gasteiger partial charge is 0.496 e. The first-order valence-corrected chi connectivity index (χ1v) is 7.75. The second-order valence-electron chi connectivity index (χ2n) is 5.63. The molecule has 4 nitrogen and oxygen atoms in total. The molecule has 2 N–H and O–H groups in total. The van der Waals surface area contributed by atoms with Gasteiger partial charge in [-0.25, -0.2) is 0 Å². The Morgan fingerprint density at radius 3 is 2.09 bits per heavy atom. The van der Waals surface area contributed by atoms with Crippen LogP contribution in [0.2, 0.25) is 0 Å². The van der Waals surface area contributed by atoms with Gasteiger partial charge in [-0.05, 0) is 55.3 Å². The van der Waals surface area contributed by atoms with Crippen LogP contribution in [-0.2, 0) is 13.1 Å². The lowest BCUT2D eigenvalue weighted by Gasteiger charge is -2.11. The van der Waals surface area contributed by atoms with Gasteiger partial charge in [-0.15, -0.1) is 0 Å². The number of ether oxygens (including phenoxy) is 3. The molecule has 0 aliphatic heterocycles. The van der Waals surface area contributed by atoms with E-state index >= 15 is 0 Å². The van der Waals surface area contributed by atoms with Crippen molar-refractivity contribution in [2.45, 2.75) is 26.9 Å². The van der Waals surface area contributed by atoms with Gasteiger partial charge < -0.3 is 19.5 Å². The van der Waals surface area contributed by atoms with Crippen LogP contribution in [-0.4, -0.2) is 21.3 Å². The minimum atomic E-state index is 0.762. The lowest BCUT2D eigenvalue weighted by molar-refractivity contribution is -0.686. The smallest absolute Gasteiger partial charge is 0.161 e. The van der Waals surface area contributed by atoms with Crippen LogP contribution in [0.4, 0.5) is 0 Å². The fourth-order valence-corrected chi connectivity index (χ4v) is 2.69. The summed E-state index contributed by atoms with van der Waals surface area (Å²) in [5.41, 5.74) is 4.98. The van der Waals surface area contributed by atoms with Gasteiger partial charge in [-0.3, -0.25) is 0 Å². The number of hydrogen-bond acceptors (Lipinski definition) is 3. The first-order chi connectivity index (χ1) is 11.1. The average molecular weight is 316 g/mol. The van der Waals surface area contributed by atoms with Crippen molar-refractivity contribution in [2.24, 2.45) is 0 Å². The number of aryl methyl sites for hydroxylation is 2. The summed E-state index contributed by atoms with van der Waals surface area (Å²) in [4.78, 5) is 0. The topological polar surface area (TPSA) is 44.3 Å². The molecule has 0 saturated heterocycles. The minimum Gasteiger partial charge on any atom is -0.496 e. The average Bonchev–Trinajstić information content (AvgIpc) is 2.57. The summed E-state index contributed by atoms with van der Waals surface area (Å²) in [6.07, 6.45) is 0. The van der Waals surface area contributed by atoms with E-state index in [9.17, 15) is 0 Å². The van der Waals surface area contributed by atoms with Crippen LogP contribution in [0.1, 0.15) is 22.3 Å². The third-order valence-electron chi connectivity index (χ3n) is 4.05. The molecule has 124 valence electrons. The Bertz CT molecular complexity index is 668. The number of nitrogens with two attached hydrogens (primary N) is 1. The highest BCUT2D eigenvalue weighted by molar-refractivity contribution is 5.43. The highest BCUT2D eigenvalue weighted by Gasteiger charge is 2.08. The molecule has 0 atom stereocenters. The van der Waals surface area contributed by atoms with Crippen LogP contribution in [0.5, 0.6) is 17.2 Å². The van der Waals surface area contributed by atoms with Crippen molar-refractivity contribution < 1.29 is 19.5 Å². The van der Waals surface area contributed by atoms with E-state index in [0.29, 0.717) is 0 Å². The lowest BCUT2D eigenvalue weighted by atomic mass is 10.0. The Balaban J connectivity index is 2.01. The molecule has 0 aromatic heterocycles. The molecule has 0 unspecified atom stereocenters. The predicted octanol–water partition coefficient (Wildman–Crippen LogP) is 2.59. The number of methoxy groups -OCH3 is 3. The molecule has 0 aliphatic carbocycles. The van der Waals surface area contributed by atoms with E-state index in [2.05, 4.69) is 37.4 Å². The molecule has 0 bridgehead atoms. The van der Waals surface area contributed by atoms with Crippen molar-refractivity contribution in [1.82, 2.24) is 0 Å². The van der Waals surface area contributed by atoms with Crippen molar-refractivity contribution in [3.05, 3.63) is 52.6 Å². The Hall–Kier alpha value is -2.20. The summed E-state index contributed by atoms with van der Waals surface area (Å²) in [6, 6.07) is 10.4. The molecule has 0 spiro atoms. The lowest BCUT2D eigenvalue weighted by Crippen LogP contribution is -2.80. The van der Waals surface area contributed by atoms with Crippen molar-refractivity contribution in [1.29, 1.82) is 0 Å². The molecule has 0 saturated carbocycles. The van der Waals surface area contributed by atoms with Gasteiger partial charge in [0.2, 0.25) is 0 Å².